The molecule has 86 valence electrons. The monoisotopic (exact) mass is 257 g/mol. The van der Waals surface area contributed by atoms with E-state index >= 15 is 0 Å². The largest absolute Gasteiger partial charge is 0.308 e. The van der Waals surface area contributed by atoms with Crippen LogP contribution >= 0.6 is 24.0 Å². The molecule has 0 fully saturated rings. The van der Waals surface area contributed by atoms with Gasteiger partial charge in [-0.05, 0) is 36.2 Å². The Morgan fingerprint density at radius 1 is 1.38 bits per heavy atom. The topological polar surface area (TPSA) is 50.9 Å². The molecule has 0 radical (unpaired) electrons. The van der Waals surface area contributed by atoms with E-state index in [4.69, 9.17) is 17.4 Å². The average molecular weight is 258 g/mol. The average Bonchev–Trinajstić information content (AvgIpc) is 2.27. The lowest BCUT2D eigenvalue weighted by Crippen LogP contribution is -2.11. The summed E-state index contributed by atoms with van der Waals surface area (Å²) in [5.74, 6) is 6.14. The van der Waals surface area contributed by atoms with Gasteiger partial charge < -0.3 is 5.43 Å². The Labute approximate surface area is 105 Å². The maximum Gasteiger partial charge on any atom is 0.143 e. The van der Waals surface area contributed by atoms with Gasteiger partial charge in [0.2, 0.25) is 0 Å². The fourth-order valence-electron chi connectivity index (χ4n) is 1.59. The molecule has 0 bridgehead atoms. The molecule has 0 saturated heterocycles. The molecule has 0 spiro atoms. The summed E-state index contributed by atoms with van der Waals surface area (Å²) in [6.07, 6.45) is 0.884. The summed E-state index contributed by atoms with van der Waals surface area (Å²) in [5, 5.41) is 1.76. The van der Waals surface area contributed by atoms with Crippen LogP contribution in [0.25, 0.3) is 10.9 Å². The molecule has 0 unspecified atom stereocenters. The highest BCUT2D eigenvalue weighted by atomic mass is 35.5. The molecule has 5 heteroatoms. The van der Waals surface area contributed by atoms with Crippen LogP contribution in [0.3, 0.4) is 0 Å². The van der Waals surface area contributed by atoms with Crippen molar-refractivity contribution in [2.24, 2.45) is 5.84 Å². The van der Waals surface area contributed by atoms with E-state index in [0.717, 1.165) is 33.7 Å². The summed E-state index contributed by atoms with van der Waals surface area (Å²) in [6, 6.07) is 7.67. The zero-order valence-corrected chi connectivity index (χ0v) is 10.4. The van der Waals surface area contributed by atoms with Crippen molar-refractivity contribution in [3.8, 4) is 0 Å². The normalized spacial score (nSPS) is 9.94. The van der Waals surface area contributed by atoms with Gasteiger partial charge >= 0.3 is 0 Å². The standard InChI is InChI=1S/C11H12ClN3.ClH/c1-2-7-5-8-6-9(12)3-4-10(8)14-11(7)15-13;/h3-6H,2,13H2,1H3,(H,14,15);1H. The van der Waals surface area contributed by atoms with Crippen molar-refractivity contribution in [2.75, 3.05) is 5.43 Å². The van der Waals surface area contributed by atoms with Gasteiger partial charge in [-0.3, -0.25) is 0 Å². The van der Waals surface area contributed by atoms with Gasteiger partial charge in [-0.15, -0.1) is 12.4 Å². The summed E-state index contributed by atoms with van der Waals surface area (Å²) in [7, 11) is 0. The molecule has 0 aliphatic heterocycles. The molecule has 16 heavy (non-hydrogen) atoms. The van der Waals surface area contributed by atoms with Gasteiger partial charge in [0.15, 0.2) is 0 Å². The van der Waals surface area contributed by atoms with E-state index in [1.807, 2.05) is 18.2 Å². The first-order valence-corrected chi connectivity index (χ1v) is 5.18. The summed E-state index contributed by atoms with van der Waals surface area (Å²) in [6.45, 7) is 2.06. The van der Waals surface area contributed by atoms with Gasteiger partial charge in [0.25, 0.3) is 0 Å². The molecule has 3 N–H and O–H groups in total. The van der Waals surface area contributed by atoms with Crippen molar-refractivity contribution in [1.82, 2.24) is 4.98 Å². The number of halogens is 2. The second kappa shape index (κ2) is 5.34. The molecule has 1 heterocycles. The van der Waals surface area contributed by atoms with Crippen molar-refractivity contribution in [3.05, 3.63) is 34.9 Å². The number of hydrazine groups is 1. The van der Waals surface area contributed by atoms with Gasteiger partial charge in [-0.2, -0.15) is 0 Å². The van der Waals surface area contributed by atoms with Crippen molar-refractivity contribution >= 4 is 40.7 Å². The lowest BCUT2D eigenvalue weighted by atomic mass is 10.1. The second-order valence-electron chi connectivity index (χ2n) is 3.33. The maximum atomic E-state index is 5.92. The van der Waals surface area contributed by atoms with Crippen molar-refractivity contribution in [1.29, 1.82) is 0 Å². The Balaban J connectivity index is 0.00000128. The third-order valence-corrected chi connectivity index (χ3v) is 2.61. The molecular formula is C11H13Cl2N3. The van der Waals surface area contributed by atoms with Crippen LogP contribution in [0.15, 0.2) is 24.3 Å². The predicted molar refractivity (Wildman–Crippen MR) is 71.2 cm³/mol. The third-order valence-electron chi connectivity index (χ3n) is 2.37. The molecule has 1 aromatic heterocycles. The van der Waals surface area contributed by atoms with Crippen molar-refractivity contribution in [3.63, 3.8) is 0 Å². The molecule has 0 saturated carbocycles. The van der Waals surface area contributed by atoms with Gasteiger partial charge in [-0.25, -0.2) is 10.8 Å². The van der Waals surface area contributed by atoms with Crippen molar-refractivity contribution < 1.29 is 0 Å². The molecule has 0 amide bonds. The summed E-state index contributed by atoms with van der Waals surface area (Å²) in [4.78, 5) is 4.41. The van der Waals surface area contributed by atoms with E-state index < -0.39 is 0 Å². The molecular weight excluding hydrogens is 245 g/mol. The Hall–Kier alpha value is -1.03. The van der Waals surface area contributed by atoms with Crippen LogP contribution in [0, 0.1) is 0 Å². The van der Waals surface area contributed by atoms with Crippen LogP contribution in [0.1, 0.15) is 12.5 Å². The number of aryl methyl sites for hydroxylation is 1. The number of fused-ring (bicyclic) bond motifs is 1. The number of nitrogen functional groups attached to an aromatic ring is 1. The fraction of sp³-hybridized carbons (Fsp3) is 0.182. The zero-order chi connectivity index (χ0) is 10.8. The molecule has 1 aromatic carbocycles. The predicted octanol–water partition coefficient (Wildman–Crippen LogP) is 3.16. The van der Waals surface area contributed by atoms with Crippen LogP contribution < -0.4 is 11.3 Å². The summed E-state index contributed by atoms with van der Waals surface area (Å²) in [5.41, 5.74) is 4.59. The van der Waals surface area contributed by atoms with Crippen LogP contribution in [0.4, 0.5) is 5.82 Å². The van der Waals surface area contributed by atoms with Crippen LogP contribution in [0.5, 0.6) is 0 Å². The third kappa shape index (κ3) is 2.38. The lowest BCUT2D eigenvalue weighted by molar-refractivity contribution is 1.10. The number of anilines is 1. The van der Waals surface area contributed by atoms with E-state index in [9.17, 15) is 0 Å². The van der Waals surface area contributed by atoms with E-state index in [2.05, 4.69) is 23.4 Å². The van der Waals surface area contributed by atoms with Crippen LogP contribution in [-0.2, 0) is 6.42 Å². The highest BCUT2D eigenvalue weighted by Gasteiger charge is 2.04. The number of hydrogen-bond acceptors (Lipinski definition) is 3. The number of nitrogens with zero attached hydrogens (tertiary/aromatic N) is 1. The zero-order valence-electron chi connectivity index (χ0n) is 8.83. The Kier molecular flexibility index (Phi) is 4.35. The Morgan fingerprint density at radius 3 is 2.75 bits per heavy atom. The Bertz CT molecular complexity index is 500. The molecule has 2 rings (SSSR count). The van der Waals surface area contributed by atoms with E-state index in [0.29, 0.717) is 0 Å². The number of benzene rings is 1. The number of nitrogens with one attached hydrogen (secondary N) is 1. The van der Waals surface area contributed by atoms with E-state index in [1.165, 1.54) is 0 Å². The van der Waals surface area contributed by atoms with Gasteiger partial charge in [0.05, 0.1) is 5.52 Å². The first kappa shape index (κ1) is 13.0. The van der Waals surface area contributed by atoms with E-state index in [1.54, 1.807) is 0 Å². The van der Waals surface area contributed by atoms with Crippen LogP contribution in [-0.4, -0.2) is 4.98 Å². The molecule has 0 aliphatic rings. The number of rotatable bonds is 2. The van der Waals surface area contributed by atoms with Gasteiger partial charge in [0, 0.05) is 10.4 Å². The minimum atomic E-state index is 0. The lowest BCUT2D eigenvalue weighted by Gasteiger charge is -2.08. The molecule has 2 aromatic rings. The highest BCUT2D eigenvalue weighted by Crippen LogP contribution is 2.23. The summed E-state index contributed by atoms with van der Waals surface area (Å²) < 4.78 is 0. The number of nitrogens with two attached hydrogens (primary N) is 1. The fourth-order valence-corrected chi connectivity index (χ4v) is 1.77. The number of pyridine rings is 1. The minimum Gasteiger partial charge on any atom is -0.308 e. The smallest absolute Gasteiger partial charge is 0.143 e. The minimum absolute atomic E-state index is 0. The summed E-state index contributed by atoms with van der Waals surface area (Å²) >= 11 is 5.92. The van der Waals surface area contributed by atoms with Gasteiger partial charge in [-0.1, -0.05) is 18.5 Å². The van der Waals surface area contributed by atoms with Gasteiger partial charge in [0.1, 0.15) is 5.82 Å². The van der Waals surface area contributed by atoms with Crippen molar-refractivity contribution in [2.45, 2.75) is 13.3 Å². The maximum absolute atomic E-state index is 5.92. The molecule has 0 aliphatic carbocycles. The van der Waals surface area contributed by atoms with E-state index in [-0.39, 0.29) is 12.4 Å². The second-order valence-corrected chi connectivity index (χ2v) is 3.77. The number of hydrogen-bond donors (Lipinski definition) is 2. The molecule has 0 atom stereocenters. The highest BCUT2D eigenvalue weighted by molar-refractivity contribution is 6.31. The first-order chi connectivity index (χ1) is 7.24. The Morgan fingerprint density at radius 2 is 2.12 bits per heavy atom. The molecule has 3 nitrogen and oxygen atoms in total. The SMILES string of the molecule is CCc1cc2cc(Cl)ccc2nc1NN.Cl. The number of aromatic nitrogens is 1. The quantitative estimate of drug-likeness (QED) is 0.642. The van der Waals surface area contributed by atoms with Crippen LogP contribution in [0.2, 0.25) is 5.02 Å². The first-order valence-electron chi connectivity index (χ1n) is 4.80.